The summed E-state index contributed by atoms with van der Waals surface area (Å²) >= 11 is 1.65. The zero-order valence-corrected chi connectivity index (χ0v) is 10.3. The number of aromatic amines is 1. The average molecular weight is 254 g/mol. The molecule has 0 saturated carbocycles. The Hall–Kier alpha value is -1.34. The van der Waals surface area contributed by atoms with Crippen molar-refractivity contribution in [3.05, 3.63) is 28.4 Å². The summed E-state index contributed by atoms with van der Waals surface area (Å²) in [5, 5.41) is 11.6. The van der Waals surface area contributed by atoms with Crippen LogP contribution in [0.25, 0.3) is 5.78 Å². The van der Waals surface area contributed by atoms with E-state index in [9.17, 15) is 4.79 Å². The smallest absolute Gasteiger partial charge is 0.274 e. The molecule has 2 heterocycles. The fraction of sp³-hybridized carbons (Fsp3) is 0.500. The van der Waals surface area contributed by atoms with Gasteiger partial charge in [-0.05, 0) is 11.7 Å². The zero-order chi connectivity index (χ0) is 12.3. The number of rotatable bonds is 5. The first-order chi connectivity index (χ1) is 8.20. The number of aliphatic hydroxyl groups is 1. The number of aromatic nitrogens is 4. The number of H-pyrrole nitrogens is 1. The van der Waals surface area contributed by atoms with Gasteiger partial charge in [0.1, 0.15) is 6.33 Å². The molecule has 0 aromatic carbocycles. The predicted molar refractivity (Wildman–Crippen MR) is 66.0 cm³/mol. The molecule has 17 heavy (non-hydrogen) atoms. The van der Waals surface area contributed by atoms with Crippen LogP contribution in [0.1, 0.15) is 12.6 Å². The molecule has 0 bridgehead atoms. The van der Waals surface area contributed by atoms with Crippen molar-refractivity contribution in [3.8, 4) is 0 Å². The van der Waals surface area contributed by atoms with Gasteiger partial charge in [-0.3, -0.25) is 9.89 Å². The molecular weight excluding hydrogens is 240 g/mol. The lowest BCUT2D eigenvalue weighted by Crippen LogP contribution is -2.15. The molecule has 2 aromatic heterocycles. The highest BCUT2D eigenvalue weighted by Crippen LogP contribution is 2.13. The lowest BCUT2D eigenvalue weighted by atomic mass is 10.2. The maximum atomic E-state index is 11.6. The number of thioether (sulfide) groups is 1. The molecule has 0 radical (unpaired) electrons. The first-order valence-corrected chi connectivity index (χ1v) is 6.47. The van der Waals surface area contributed by atoms with E-state index >= 15 is 0 Å². The van der Waals surface area contributed by atoms with Crippen LogP contribution in [-0.4, -0.2) is 37.0 Å². The van der Waals surface area contributed by atoms with E-state index in [4.69, 9.17) is 5.11 Å². The van der Waals surface area contributed by atoms with Gasteiger partial charge in [-0.2, -0.15) is 16.3 Å². The maximum Gasteiger partial charge on any atom is 0.274 e. The van der Waals surface area contributed by atoms with Gasteiger partial charge in [0.15, 0.2) is 0 Å². The largest absolute Gasteiger partial charge is 0.396 e. The van der Waals surface area contributed by atoms with E-state index in [0.717, 1.165) is 11.4 Å². The molecule has 0 spiro atoms. The molecule has 0 aliphatic carbocycles. The third kappa shape index (κ3) is 2.86. The van der Waals surface area contributed by atoms with Crippen molar-refractivity contribution in [1.82, 2.24) is 19.6 Å². The molecule has 0 fully saturated rings. The molecule has 6 nitrogen and oxygen atoms in total. The molecule has 2 N–H and O–H groups in total. The minimum atomic E-state index is -0.154. The molecule has 2 rings (SSSR count). The number of hydrogen-bond acceptors (Lipinski definition) is 5. The Kier molecular flexibility index (Phi) is 3.80. The first-order valence-electron chi connectivity index (χ1n) is 5.31. The highest BCUT2D eigenvalue weighted by molar-refractivity contribution is 7.98. The van der Waals surface area contributed by atoms with Crippen LogP contribution in [0.2, 0.25) is 0 Å². The summed E-state index contributed by atoms with van der Waals surface area (Å²) in [5.74, 6) is 2.15. The van der Waals surface area contributed by atoms with Gasteiger partial charge in [-0.15, -0.1) is 0 Å². The van der Waals surface area contributed by atoms with Gasteiger partial charge in [0.2, 0.25) is 0 Å². The van der Waals surface area contributed by atoms with Crippen molar-refractivity contribution in [3.63, 3.8) is 0 Å². The normalized spacial score (nSPS) is 13.1. The van der Waals surface area contributed by atoms with Crippen molar-refractivity contribution in [1.29, 1.82) is 0 Å². The van der Waals surface area contributed by atoms with Crippen molar-refractivity contribution >= 4 is 17.5 Å². The molecule has 0 amide bonds. The maximum absolute atomic E-state index is 11.6. The summed E-state index contributed by atoms with van der Waals surface area (Å²) in [6, 6.07) is 1.50. The fourth-order valence-corrected chi connectivity index (χ4v) is 2.34. The van der Waals surface area contributed by atoms with Crippen molar-refractivity contribution < 1.29 is 5.11 Å². The fourth-order valence-electron chi connectivity index (χ4n) is 1.36. The van der Waals surface area contributed by atoms with Crippen LogP contribution in [-0.2, 0) is 5.75 Å². The Morgan fingerprint density at radius 3 is 3.24 bits per heavy atom. The summed E-state index contributed by atoms with van der Waals surface area (Å²) in [6.07, 6.45) is 1.44. The second-order valence-electron chi connectivity index (χ2n) is 3.91. The van der Waals surface area contributed by atoms with Crippen LogP contribution in [0, 0.1) is 5.92 Å². The molecule has 7 heteroatoms. The lowest BCUT2D eigenvalue weighted by Gasteiger charge is -2.06. The minimum Gasteiger partial charge on any atom is -0.396 e. The Bertz CT molecular complexity index is 550. The van der Waals surface area contributed by atoms with Crippen LogP contribution >= 0.6 is 11.8 Å². The number of aliphatic hydroxyl groups excluding tert-OH is 1. The minimum absolute atomic E-state index is 0.154. The highest BCUT2D eigenvalue weighted by Gasteiger charge is 2.05. The van der Waals surface area contributed by atoms with Crippen LogP contribution in [0.15, 0.2) is 17.2 Å². The highest BCUT2D eigenvalue weighted by atomic mass is 32.2. The quantitative estimate of drug-likeness (QED) is 0.800. The zero-order valence-electron chi connectivity index (χ0n) is 9.46. The molecule has 2 aromatic rings. The number of hydrogen-bond donors (Lipinski definition) is 2. The van der Waals surface area contributed by atoms with E-state index < -0.39 is 0 Å². The van der Waals surface area contributed by atoms with Gasteiger partial charge in [0.05, 0.1) is 5.69 Å². The predicted octanol–water partition coefficient (Wildman–Crippen LogP) is 0.279. The molecule has 0 saturated heterocycles. The summed E-state index contributed by atoms with van der Waals surface area (Å²) in [6.45, 7) is 2.16. The standard InChI is InChI=1S/C10H14N4O2S/c1-7(3-15)4-17-5-8-2-9(16)14-10(13-8)11-6-12-14/h2,6-7,15H,3-5H2,1H3,(H,11,12,13). The summed E-state index contributed by atoms with van der Waals surface area (Å²) in [7, 11) is 0. The molecule has 1 atom stereocenters. The van der Waals surface area contributed by atoms with Gasteiger partial charge in [-0.25, -0.2) is 9.97 Å². The number of nitrogens with one attached hydrogen (secondary N) is 1. The van der Waals surface area contributed by atoms with E-state index in [1.165, 1.54) is 16.9 Å². The van der Waals surface area contributed by atoms with Gasteiger partial charge in [-0.1, -0.05) is 6.92 Å². The van der Waals surface area contributed by atoms with Gasteiger partial charge in [0, 0.05) is 18.4 Å². The van der Waals surface area contributed by atoms with Crippen LogP contribution in [0.3, 0.4) is 0 Å². The third-order valence-electron chi connectivity index (χ3n) is 2.28. The first kappa shape index (κ1) is 12.1. The number of nitrogens with zero attached hydrogens (tertiary/aromatic N) is 3. The Balaban J connectivity index is 2.06. The third-order valence-corrected chi connectivity index (χ3v) is 3.59. The molecule has 0 aliphatic heterocycles. The van der Waals surface area contributed by atoms with E-state index in [0.29, 0.717) is 11.5 Å². The van der Waals surface area contributed by atoms with E-state index in [-0.39, 0.29) is 18.1 Å². The Morgan fingerprint density at radius 1 is 1.65 bits per heavy atom. The van der Waals surface area contributed by atoms with Crippen LogP contribution in [0.4, 0.5) is 0 Å². The molecular formula is C10H14N4O2S. The van der Waals surface area contributed by atoms with E-state index in [1.807, 2.05) is 6.92 Å². The molecule has 1 unspecified atom stereocenters. The Morgan fingerprint density at radius 2 is 2.47 bits per heavy atom. The second kappa shape index (κ2) is 5.33. The van der Waals surface area contributed by atoms with Crippen molar-refractivity contribution in [2.75, 3.05) is 12.4 Å². The van der Waals surface area contributed by atoms with Crippen LogP contribution in [0.5, 0.6) is 0 Å². The Labute approximate surface area is 102 Å². The van der Waals surface area contributed by atoms with Gasteiger partial charge < -0.3 is 5.11 Å². The monoisotopic (exact) mass is 254 g/mol. The number of fused-ring (bicyclic) bond motifs is 1. The second-order valence-corrected chi connectivity index (χ2v) is 4.94. The average Bonchev–Trinajstić information content (AvgIpc) is 2.77. The SMILES string of the molecule is CC(CO)CSCc1cc(=O)n2[nH]cnc2n1. The van der Waals surface area contributed by atoms with Gasteiger partial charge in [0.25, 0.3) is 11.3 Å². The summed E-state index contributed by atoms with van der Waals surface area (Å²) in [4.78, 5) is 19.8. The summed E-state index contributed by atoms with van der Waals surface area (Å²) in [5.41, 5.74) is 0.565. The summed E-state index contributed by atoms with van der Waals surface area (Å²) < 4.78 is 1.30. The van der Waals surface area contributed by atoms with E-state index in [1.54, 1.807) is 11.8 Å². The van der Waals surface area contributed by atoms with E-state index in [2.05, 4.69) is 15.1 Å². The van der Waals surface area contributed by atoms with Crippen molar-refractivity contribution in [2.24, 2.45) is 5.92 Å². The van der Waals surface area contributed by atoms with Crippen LogP contribution < -0.4 is 5.56 Å². The molecule has 0 aliphatic rings. The van der Waals surface area contributed by atoms with Gasteiger partial charge >= 0.3 is 0 Å². The molecule has 92 valence electrons. The lowest BCUT2D eigenvalue weighted by molar-refractivity contribution is 0.250. The topological polar surface area (TPSA) is 83.3 Å². The van der Waals surface area contributed by atoms with Crippen molar-refractivity contribution in [2.45, 2.75) is 12.7 Å².